The van der Waals surface area contributed by atoms with Gasteiger partial charge >= 0.3 is 5.97 Å². The fourth-order valence-electron chi connectivity index (χ4n) is 2.39. The summed E-state index contributed by atoms with van der Waals surface area (Å²) >= 11 is -1.57. The second kappa shape index (κ2) is 24.4. The third-order valence-electron chi connectivity index (χ3n) is 4.12. The molecule has 15 heteroatoms. The first-order chi connectivity index (χ1) is 16.5. The van der Waals surface area contributed by atoms with Gasteiger partial charge in [-0.3, -0.25) is 9.59 Å². The number of carbonyl (C=O) groups excluding carboxylic acids is 1. The highest BCUT2D eigenvalue weighted by Gasteiger charge is 2.22. The van der Waals surface area contributed by atoms with Crippen LogP contribution in [0.25, 0.3) is 10.4 Å². The number of carboxylic acid groups (broad SMARTS) is 1. The predicted octanol–water partition coefficient (Wildman–Crippen LogP) is -0.295. The van der Waals surface area contributed by atoms with E-state index in [0.29, 0.717) is 78.6 Å². The van der Waals surface area contributed by atoms with E-state index in [1.54, 1.807) is 0 Å². The molecule has 0 fully saturated rings. The van der Waals surface area contributed by atoms with Gasteiger partial charge in [-0.25, -0.2) is 0 Å². The van der Waals surface area contributed by atoms with Crippen molar-refractivity contribution >= 4 is 23.2 Å². The Bertz CT molecular complexity index is 571. The van der Waals surface area contributed by atoms with E-state index < -0.39 is 23.4 Å². The van der Waals surface area contributed by atoms with Gasteiger partial charge in [0.25, 0.3) is 0 Å². The van der Waals surface area contributed by atoms with Gasteiger partial charge in [0.15, 0.2) is 0 Å². The zero-order chi connectivity index (χ0) is 25.3. The van der Waals surface area contributed by atoms with Crippen LogP contribution in [-0.4, -0.2) is 106 Å². The van der Waals surface area contributed by atoms with E-state index in [0.717, 1.165) is 0 Å². The third-order valence-corrected chi connectivity index (χ3v) is 5.24. The number of ether oxygens (including phenoxy) is 4. The van der Waals surface area contributed by atoms with Crippen LogP contribution in [-0.2, 0) is 39.9 Å². The van der Waals surface area contributed by atoms with Crippen LogP contribution in [0.2, 0.25) is 0 Å². The lowest BCUT2D eigenvalue weighted by molar-refractivity contribution is -0.139. The molecule has 0 rings (SSSR count). The zero-order valence-corrected chi connectivity index (χ0v) is 20.3. The number of nitrogens with two attached hydrogens (primary N) is 1. The molecule has 0 aliphatic heterocycles. The van der Waals surface area contributed by atoms with Crippen LogP contribution in [0, 0.1) is 0 Å². The van der Waals surface area contributed by atoms with E-state index in [2.05, 4.69) is 20.1 Å². The summed E-state index contributed by atoms with van der Waals surface area (Å²) in [6.07, 6.45) is 1.83. The van der Waals surface area contributed by atoms with Crippen molar-refractivity contribution in [2.45, 2.75) is 31.7 Å². The fourth-order valence-corrected chi connectivity index (χ4v) is 3.33. The number of unbranched alkanes of at least 4 members (excludes halogenated alkanes) is 1. The van der Waals surface area contributed by atoms with E-state index >= 15 is 0 Å². The minimum absolute atomic E-state index is 0.102. The van der Waals surface area contributed by atoms with Crippen LogP contribution in [0.3, 0.4) is 0 Å². The average Bonchev–Trinajstić information content (AvgIpc) is 2.81. The predicted molar refractivity (Wildman–Crippen MR) is 125 cm³/mol. The summed E-state index contributed by atoms with van der Waals surface area (Å²) in [6, 6.07) is -0.902. The van der Waals surface area contributed by atoms with Gasteiger partial charge in [-0.2, -0.15) is 0 Å². The van der Waals surface area contributed by atoms with Crippen molar-refractivity contribution < 1.29 is 38.2 Å². The number of aliphatic carboxylic acids is 1. The Hall–Kier alpha value is -1.68. The van der Waals surface area contributed by atoms with Gasteiger partial charge < -0.3 is 39.7 Å². The molecule has 0 aromatic heterocycles. The van der Waals surface area contributed by atoms with Crippen molar-refractivity contribution in [3.8, 4) is 0 Å². The summed E-state index contributed by atoms with van der Waals surface area (Å²) in [5.74, 6) is -1.20. The Kier molecular flexibility index (Phi) is 23.2. The minimum Gasteiger partial charge on any atom is -0.598 e. The van der Waals surface area contributed by atoms with E-state index in [4.69, 9.17) is 35.3 Å². The normalized spacial score (nSPS) is 12.6. The second-order valence-corrected chi connectivity index (χ2v) is 8.18. The van der Waals surface area contributed by atoms with Gasteiger partial charge in [-0.1, -0.05) is 5.11 Å². The Morgan fingerprint density at radius 3 is 2.18 bits per heavy atom. The molecule has 0 spiro atoms. The summed E-state index contributed by atoms with van der Waals surface area (Å²) in [5, 5.41) is 15.1. The molecule has 0 radical (unpaired) electrons. The number of hydrogen-bond acceptors (Lipinski definition) is 10. The highest BCUT2D eigenvalue weighted by molar-refractivity contribution is 7.89. The van der Waals surface area contributed by atoms with Crippen LogP contribution in [0.1, 0.15) is 25.7 Å². The van der Waals surface area contributed by atoms with Crippen LogP contribution in [0.4, 0.5) is 0 Å². The number of hydrogen-bond donors (Lipinski definition) is 4. The SMILES string of the molecule is [N-]=[N+]=NCCOCCOCCOCCOCCC(=O)NCC[S+]([O-])N[C@@H](CCCCN)C(=O)O. The third kappa shape index (κ3) is 22.1. The summed E-state index contributed by atoms with van der Waals surface area (Å²) in [6.45, 7) is 3.89. The molecule has 0 bridgehead atoms. The van der Waals surface area contributed by atoms with E-state index in [1.165, 1.54) is 0 Å². The summed E-state index contributed by atoms with van der Waals surface area (Å²) in [5.41, 5.74) is 13.5. The molecule has 0 saturated heterocycles. The smallest absolute Gasteiger partial charge is 0.325 e. The van der Waals surface area contributed by atoms with Gasteiger partial charge in [0.2, 0.25) is 5.91 Å². The van der Waals surface area contributed by atoms with Crippen molar-refractivity contribution in [3.63, 3.8) is 0 Å². The molecule has 1 amide bonds. The number of azide groups is 1. The molecular weight excluding hydrogens is 472 g/mol. The monoisotopic (exact) mass is 510 g/mol. The number of nitrogens with zero attached hydrogens (tertiary/aromatic N) is 3. The van der Waals surface area contributed by atoms with Crippen molar-refractivity contribution in [3.05, 3.63) is 10.4 Å². The first-order valence-corrected chi connectivity index (χ1v) is 12.5. The topological polar surface area (TPSA) is 213 Å². The molecule has 0 aliphatic carbocycles. The van der Waals surface area contributed by atoms with Crippen LogP contribution in [0.15, 0.2) is 5.11 Å². The molecular formula is C19H38N6O8S. The van der Waals surface area contributed by atoms with Gasteiger partial charge in [-0.05, 0) is 31.3 Å². The molecule has 0 saturated carbocycles. The largest absolute Gasteiger partial charge is 0.598 e. The quantitative estimate of drug-likeness (QED) is 0.0414. The maximum Gasteiger partial charge on any atom is 0.325 e. The molecule has 0 aromatic carbocycles. The zero-order valence-electron chi connectivity index (χ0n) is 19.5. The Labute approximate surface area is 203 Å². The fraction of sp³-hybridized carbons (Fsp3) is 0.895. The van der Waals surface area contributed by atoms with E-state index in [9.17, 15) is 14.1 Å². The lowest BCUT2D eigenvalue weighted by Crippen LogP contribution is -2.43. The van der Waals surface area contributed by atoms with Crippen molar-refractivity contribution in [1.29, 1.82) is 0 Å². The standard InChI is InChI=1S/C19H38N6O8S/c20-5-2-1-3-17(19(27)28)24-34(29)16-7-22-18(26)4-8-30-10-12-32-14-15-33-13-11-31-9-6-23-25-21/h17,24H,1-16,20H2,(H,22,26)(H,27,28)/t17-,34?/m0/s1. The number of nitrogens with one attached hydrogen (secondary N) is 2. The number of carbonyl (C=O) groups is 2. The van der Waals surface area contributed by atoms with Crippen molar-refractivity contribution in [1.82, 2.24) is 10.0 Å². The molecule has 5 N–H and O–H groups in total. The first kappa shape index (κ1) is 32.3. The molecule has 0 aromatic rings. The number of rotatable bonds is 25. The van der Waals surface area contributed by atoms with E-state index in [1.807, 2.05) is 0 Å². The number of carboxylic acids is 1. The van der Waals surface area contributed by atoms with Gasteiger partial charge in [0, 0.05) is 29.2 Å². The molecule has 198 valence electrons. The molecule has 2 atom stereocenters. The first-order valence-electron chi connectivity index (χ1n) is 11.2. The Balaban J connectivity index is 3.52. The minimum atomic E-state index is -1.57. The highest BCUT2D eigenvalue weighted by atomic mass is 32.2. The van der Waals surface area contributed by atoms with Gasteiger partial charge in [-0.15, -0.1) is 4.72 Å². The highest BCUT2D eigenvalue weighted by Crippen LogP contribution is 2.02. The van der Waals surface area contributed by atoms with Crippen LogP contribution < -0.4 is 15.8 Å². The average molecular weight is 511 g/mol. The molecule has 14 nitrogen and oxygen atoms in total. The molecule has 0 aliphatic rings. The maximum atomic E-state index is 12.0. The molecule has 1 unspecified atom stereocenters. The lowest BCUT2D eigenvalue weighted by atomic mass is 10.1. The summed E-state index contributed by atoms with van der Waals surface area (Å²) in [7, 11) is 0. The van der Waals surface area contributed by atoms with Crippen LogP contribution >= 0.6 is 0 Å². The lowest BCUT2D eigenvalue weighted by Gasteiger charge is -2.17. The summed E-state index contributed by atoms with van der Waals surface area (Å²) in [4.78, 5) is 25.6. The van der Waals surface area contributed by atoms with Gasteiger partial charge in [0.1, 0.15) is 11.8 Å². The van der Waals surface area contributed by atoms with Crippen molar-refractivity contribution in [2.24, 2.45) is 10.8 Å². The summed E-state index contributed by atoms with van der Waals surface area (Å²) < 4.78 is 35.7. The van der Waals surface area contributed by atoms with Crippen molar-refractivity contribution in [2.75, 3.05) is 78.2 Å². The maximum absolute atomic E-state index is 12.0. The molecule has 0 heterocycles. The number of amides is 1. The van der Waals surface area contributed by atoms with E-state index in [-0.39, 0.29) is 31.2 Å². The second-order valence-electron chi connectivity index (χ2n) is 6.85. The Morgan fingerprint density at radius 2 is 1.62 bits per heavy atom. The van der Waals surface area contributed by atoms with Gasteiger partial charge in [0.05, 0.1) is 59.4 Å². The van der Waals surface area contributed by atoms with Crippen LogP contribution in [0.5, 0.6) is 0 Å². The molecule has 34 heavy (non-hydrogen) atoms. The Morgan fingerprint density at radius 1 is 1.03 bits per heavy atom.